The summed E-state index contributed by atoms with van der Waals surface area (Å²) >= 11 is 6.37. The summed E-state index contributed by atoms with van der Waals surface area (Å²) in [7, 11) is 1.87. The zero-order valence-electron chi connectivity index (χ0n) is 22.1. The Labute approximate surface area is 238 Å². The van der Waals surface area contributed by atoms with Crippen LogP contribution in [0.25, 0.3) is 0 Å². The summed E-state index contributed by atoms with van der Waals surface area (Å²) in [5, 5.41) is 9.55. The summed E-state index contributed by atoms with van der Waals surface area (Å²) in [5.41, 5.74) is 2.43. The molecule has 0 spiro atoms. The summed E-state index contributed by atoms with van der Waals surface area (Å²) in [5.74, 6) is 0.0871. The third-order valence-corrected chi connectivity index (χ3v) is 5.54. The molecular formula is C26H43Br2N3O6. The largest absolute Gasteiger partial charge is 0.461 e. The topological polar surface area (TPSA) is 115 Å². The number of hydrogen-bond donors (Lipinski definition) is 3. The summed E-state index contributed by atoms with van der Waals surface area (Å²) in [4.78, 5) is 34.1. The lowest BCUT2D eigenvalue weighted by atomic mass is 10.2. The molecule has 0 atom stereocenters. The zero-order valence-corrected chi connectivity index (χ0v) is 25.3. The van der Waals surface area contributed by atoms with Crippen molar-refractivity contribution in [1.82, 2.24) is 10.6 Å². The number of halogens is 2. The predicted octanol–water partition coefficient (Wildman–Crippen LogP) is 3.83. The lowest BCUT2D eigenvalue weighted by Crippen LogP contribution is -2.23. The maximum absolute atomic E-state index is 11.8. The van der Waals surface area contributed by atoms with E-state index in [9.17, 15) is 14.4 Å². The van der Waals surface area contributed by atoms with E-state index in [4.69, 9.17) is 14.2 Å². The van der Waals surface area contributed by atoms with Gasteiger partial charge in [-0.1, -0.05) is 57.3 Å². The minimum atomic E-state index is -0.221. The molecule has 0 unspecified atom stereocenters. The second kappa shape index (κ2) is 26.2. The third kappa shape index (κ3) is 23.5. The molecule has 11 heteroatoms. The number of hydrogen-bond acceptors (Lipinski definition) is 9. The van der Waals surface area contributed by atoms with Crippen LogP contribution < -0.4 is 16.0 Å². The van der Waals surface area contributed by atoms with Crippen LogP contribution in [0.4, 0.5) is 5.69 Å². The Kier molecular flexibility index (Phi) is 25.3. The van der Waals surface area contributed by atoms with Gasteiger partial charge in [0.05, 0.1) is 44.8 Å². The van der Waals surface area contributed by atoms with Crippen molar-refractivity contribution in [2.45, 2.75) is 45.6 Å². The average Bonchev–Trinajstić information content (AvgIpc) is 2.90. The van der Waals surface area contributed by atoms with Gasteiger partial charge in [-0.15, -0.1) is 0 Å². The number of ketones is 2. The van der Waals surface area contributed by atoms with Crippen LogP contribution in [0.15, 0.2) is 24.3 Å². The third-order valence-electron chi connectivity index (χ3n) is 4.75. The van der Waals surface area contributed by atoms with Crippen LogP contribution in [0.1, 0.15) is 44.6 Å². The number of anilines is 1. The van der Waals surface area contributed by atoms with Crippen molar-refractivity contribution in [2.24, 2.45) is 0 Å². The van der Waals surface area contributed by atoms with Crippen LogP contribution in [-0.2, 0) is 35.2 Å². The number of carbonyl (C=O) groups excluding carboxylic acids is 3. The van der Waals surface area contributed by atoms with Crippen molar-refractivity contribution in [3.05, 3.63) is 29.8 Å². The van der Waals surface area contributed by atoms with Crippen molar-refractivity contribution in [2.75, 3.05) is 69.2 Å². The molecule has 1 rings (SSSR count). The van der Waals surface area contributed by atoms with Crippen LogP contribution in [-0.4, -0.2) is 81.4 Å². The number of nitrogens with one attached hydrogen (secondary N) is 3. The molecule has 212 valence electrons. The van der Waals surface area contributed by atoms with Gasteiger partial charge in [0.2, 0.25) is 0 Å². The van der Waals surface area contributed by atoms with Gasteiger partial charge in [-0.25, -0.2) is 0 Å². The van der Waals surface area contributed by atoms with Gasteiger partial charge in [-0.05, 0) is 31.2 Å². The Bertz CT molecular complexity index is 723. The first kappa shape index (κ1) is 35.6. The van der Waals surface area contributed by atoms with E-state index < -0.39 is 0 Å². The fourth-order valence-corrected chi connectivity index (χ4v) is 3.11. The molecule has 0 saturated carbocycles. The molecule has 3 N–H and O–H groups in total. The number of ether oxygens (including phenoxy) is 3. The first-order valence-corrected chi connectivity index (χ1v) is 14.9. The van der Waals surface area contributed by atoms with E-state index in [1.54, 1.807) is 0 Å². The fourth-order valence-electron chi connectivity index (χ4n) is 2.59. The van der Waals surface area contributed by atoms with Gasteiger partial charge in [-0.3, -0.25) is 14.4 Å². The van der Waals surface area contributed by atoms with Gasteiger partial charge in [0.1, 0.15) is 12.4 Å². The number of likely N-dealkylation sites (N-methyl/N-ethyl adjacent to an activating group) is 1. The molecule has 0 heterocycles. The van der Waals surface area contributed by atoms with Crippen molar-refractivity contribution in [3.63, 3.8) is 0 Å². The van der Waals surface area contributed by atoms with Gasteiger partial charge < -0.3 is 30.2 Å². The van der Waals surface area contributed by atoms with E-state index in [2.05, 4.69) is 54.7 Å². The van der Waals surface area contributed by atoms with Crippen LogP contribution in [0.2, 0.25) is 0 Å². The van der Waals surface area contributed by atoms with Crippen molar-refractivity contribution in [1.29, 1.82) is 0 Å². The Morgan fingerprint density at radius 3 is 2.11 bits per heavy atom. The molecule has 0 bridgehead atoms. The molecule has 0 aliphatic carbocycles. The van der Waals surface area contributed by atoms with E-state index in [1.165, 1.54) is 0 Å². The van der Waals surface area contributed by atoms with Crippen LogP contribution in [0, 0.1) is 0 Å². The zero-order chi connectivity index (χ0) is 27.6. The van der Waals surface area contributed by atoms with E-state index in [-0.39, 0.29) is 30.7 Å². The van der Waals surface area contributed by atoms with Crippen LogP contribution in [0.3, 0.4) is 0 Å². The summed E-state index contributed by atoms with van der Waals surface area (Å²) in [6.45, 7) is 6.29. The number of carbonyl (C=O) groups is 3. The predicted molar refractivity (Wildman–Crippen MR) is 155 cm³/mol. The maximum atomic E-state index is 11.8. The normalized spacial score (nSPS) is 10.4. The first-order valence-electron chi connectivity index (χ1n) is 12.6. The Morgan fingerprint density at radius 2 is 1.51 bits per heavy atom. The number of alkyl halides is 2. The first-order chi connectivity index (χ1) is 18.0. The number of rotatable bonds is 22. The smallest absolute Gasteiger partial charge is 0.306 e. The highest BCUT2D eigenvalue weighted by Crippen LogP contribution is 2.11. The number of Topliss-reactive ketones (excluding diaryl/α,β-unsaturated/α-hetero) is 2. The summed E-state index contributed by atoms with van der Waals surface area (Å²) in [6, 6.07) is 7.50. The van der Waals surface area contributed by atoms with Gasteiger partial charge >= 0.3 is 5.97 Å². The second-order valence-corrected chi connectivity index (χ2v) is 9.32. The number of unbranched alkanes of at least 4 members (excludes halogenated alkanes) is 1. The van der Waals surface area contributed by atoms with E-state index >= 15 is 0 Å². The van der Waals surface area contributed by atoms with Crippen LogP contribution >= 0.6 is 31.9 Å². The highest BCUT2D eigenvalue weighted by molar-refractivity contribution is 9.09. The summed E-state index contributed by atoms with van der Waals surface area (Å²) < 4.78 is 15.7. The molecule has 37 heavy (non-hydrogen) atoms. The molecule has 0 saturated heterocycles. The molecule has 0 aliphatic heterocycles. The van der Waals surface area contributed by atoms with Gasteiger partial charge in [0.25, 0.3) is 0 Å². The molecular weight excluding hydrogens is 610 g/mol. The molecule has 0 aliphatic rings. The van der Waals surface area contributed by atoms with Crippen LogP contribution in [0.5, 0.6) is 0 Å². The van der Waals surface area contributed by atoms with Gasteiger partial charge in [0, 0.05) is 37.0 Å². The molecule has 0 radical (unpaired) electrons. The average molecular weight is 653 g/mol. The Balaban J connectivity index is 0.000000845. The Morgan fingerprint density at radius 1 is 0.865 bits per heavy atom. The highest BCUT2D eigenvalue weighted by atomic mass is 79.9. The van der Waals surface area contributed by atoms with E-state index in [1.807, 2.05) is 31.3 Å². The molecule has 0 amide bonds. The fraction of sp³-hybridized carbons (Fsp3) is 0.654. The van der Waals surface area contributed by atoms with E-state index in [0.29, 0.717) is 56.4 Å². The number of esters is 1. The lowest BCUT2D eigenvalue weighted by molar-refractivity contribution is -0.144. The molecule has 0 fully saturated rings. The monoisotopic (exact) mass is 651 g/mol. The van der Waals surface area contributed by atoms with Crippen molar-refractivity contribution >= 4 is 55.1 Å². The molecule has 9 nitrogen and oxygen atoms in total. The summed E-state index contributed by atoms with van der Waals surface area (Å²) in [6.07, 6.45) is 3.41. The molecule has 1 aromatic carbocycles. The number of benzene rings is 1. The van der Waals surface area contributed by atoms with Crippen molar-refractivity contribution in [3.8, 4) is 0 Å². The second-order valence-electron chi connectivity index (χ2n) is 7.97. The van der Waals surface area contributed by atoms with E-state index in [0.717, 1.165) is 37.2 Å². The standard InChI is InChI=1S/C18H26BrNO4.C8H17BrN2O2/c1-2-3-11-23-12-9-17(21)13-20-16-6-4-15(5-7-16)14-24-18(22)8-10-19;1-10-3-5-13-4-2-8(12)6-11-7-9/h4-7,20H,2-3,8-14H2,1H3;10-11H,2-7H2,1H3. The quantitative estimate of drug-likeness (QED) is 0.0744. The van der Waals surface area contributed by atoms with Gasteiger partial charge in [-0.2, -0.15) is 0 Å². The van der Waals surface area contributed by atoms with Gasteiger partial charge in [0.15, 0.2) is 5.78 Å². The lowest BCUT2D eigenvalue weighted by Gasteiger charge is -2.08. The SMILES string of the molecule is CCCCOCCC(=O)CNc1ccc(COC(=O)CCBr)cc1.CNCCOCCC(=O)CNCBr. The molecule has 0 aromatic heterocycles. The highest BCUT2D eigenvalue weighted by Gasteiger charge is 2.04. The van der Waals surface area contributed by atoms with Crippen molar-refractivity contribution < 1.29 is 28.6 Å². The maximum Gasteiger partial charge on any atom is 0.306 e. The Hall–Kier alpha value is -1.37. The minimum Gasteiger partial charge on any atom is -0.461 e. The minimum absolute atomic E-state index is 0.124. The molecule has 1 aromatic rings.